The van der Waals surface area contributed by atoms with E-state index in [1.165, 1.54) is 24.9 Å². The van der Waals surface area contributed by atoms with Gasteiger partial charge in [-0.25, -0.2) is 0 Å². The zero-order valence-corrected chi connectivity index (χ0v) is 12.0. The SMILES string of the molecule is NC(=NCC1CCN(Cc2ccccc2)C1)N1CCC1. The van der Waals surface area contributed by atoms with Gasteiger partial charge in [0.25, 0.3) is 0 Å². The molecular weight excluding hydrogens is 248 g/mol. The monoisotopic (exact) mass is 272 g/mol. The lowest BCUT2D eigenvalue weighted by molar-refractivity contribution is 0.294. The predicted octanol–water partition coefficient (Wildman–Crippen LogP) is 1.53. The molecule has 2 saturated heterocycles. The van der Waals surface area contributed by atoms with Crippen molar-refractivity contribution in [1.82, 2.24) is 9.80 Å². The van der Waals surface area contributed by atoms with E-state index in [4.69, 9.17) is 5.73 Å². The van der Waals surface area contributed by atoms with E-state index < -0.39 is 0 Å². The third kappa shape index (κ3) is 3.31. The summed E-state index contributed by atoms with van der Waals surface area (Å²) in [6.45, 7) is 6.43. The van der Waals surface area contributed by atoms with Crippen LogP contribution in [0.5, 0.6) is 0 Å². The van der Waals surface area contributed by atoms with Gasteiger partial charge in [-0.05, 0) is 30.9 Å². The molecule has 1 aromatic carbocycles. The number of nitrogens with zero attached hydrogens (tertiary/aromatic N) is 3. The van der Waals surface area contributed by atoms with Gasteiger partial charge in [-0.3, -0.25) is 9.89 Å². The van der Waals surface area contributed by atoms with Gasteiger partial charge in [0.15, 0.2) is 5.96 Å². The highest BCUT2D eigenvalue weighted by Gasteiger charge is 2.23. The number of aliphatic imine (C=N–C) groups is 1. The smallest absolute Gasteiger partial charge is 0.191 e. The zero-order chi connectivity index (χ0) is 13.8. The molecule has 2 heterocycles. The van der Waals surface area contributed by atoms with Crippen molar-refractivity contribution in [2.45, 2.75) is 19.4 Å². The quantitative estimate of drug-likeness (QED) is 0.668. The second-order valence-corrected chi connectivity index (χ2v) is 5.91. The van der Waals surface area contributed by atoms with E-state index in [9.17, 15) is 0 Å². The molecule has 2 aliphatic rings. The van der Waals surface area contributed by atoms with Crippen LogP contribution in [0, 0.1) is 5.92 Å². The summed E-state index contributed by atoms with van der Waals surface area (Å²) < 4.78 is 0. The van der Waals surface area contributed by atoms with E-state index in [-0.39, 0.29) is 0 Å². The highest BCUT2D eigenvalue weighted by atomic mass is 15.3. The van der Waals surface area contributed by atoms with Crippen LogP contribution < -0.4 is 5.73 Å². The minimum Gasteiger partial charge on any atom is -0.370 e. The summed E-state index contributed by atoms with van der Waals surface area (Å²) in [5, 5.41) is 0. The second kappa shape index (κ2) is 6.27. The van der Waals surface area contributed by atoms with Crippen LogP contribution in [0.4, 0.5) is 0 Å². The number of guanidine groups is 1. The fraction of sp³-hybridized carbons (Fsp3) is 0.562. The first-order valence-corrected chi connectivity index (χ1v) is 7.62. The van der Waals surface area contributed by atoms with Crippen molar-refractivity contribution in [3.63, 3.8) is 0 Å². The van der Waals surface area contributed by atoms with Gasteiger partial charge in [-0.15, -0.1) is 0 Å². The summed E-state index contributed by atoms with van der Waals surface area (Å²) in [7, 11) is 0. The molecule has 2 N–H and O–H groups in total. The van der Waals surface area contributed by atoms with Crippen LogP contribution in [0.3, 0.4) is 0 Å². The Morgan fingerprint density at radius 1 is 1.20 bits per heavy atom. The normalized spacial score (nSPS) is 23.9. The van der Waals surface area contributed by atoms with Gasteiger partial charge in [-0.1, -0.05) is 30.3 Å². The average Bonchev–Trinajstić information content (AvgIpc) is 2.83. The van der Waals surface area contributed by atoms with Crippen LogP contribution in [0.2, 0.25) is 0 Å². The van der Waals surface area contributed by atoms with E-state index in [1.807, 2.05) is 0 Å². The van der Waals surface area contributed by atoms with Crippen molar-refractivity contribution in [2.75, 3.05) is 32.7 Å². The Morgan fingerprint density at radius 2 is 2.00 bits per heavy atom. The number of rotatable bonds is 4. The summed E-state index contributed by atoms with van der Waals surface area (Å²) in [6.07, 6.45) is 2.49. The van der Waals surface area contributed by atoms with E-state index in [2.05, 4.69) is 45.1 Å². The van der Waals surface area contributed by atoms with Crippen molar-refractivity contribution >= 4 is 5.96 Å². The Hall–Kier alpha value is -1.55. The number of nitrogens with two attached hydrogens (primary N) is 1. The molecular formula is C16H24N4. The Labute approximate surface area is 121 Å². The molecule has 0 aromatic heterocycles. The summed E-state index contributed by atoms with van der Waals surface area (Å²) in [5.74, 6) is 1.41. The Bertz CT molecular complexity index is 453. The minimum atomic E-state index is 0.665. The number of likely N-dealkylation sites (tertiary alicyclic amines) is 2. The Morgan fingerprint density at radius 3 is 2.70 bits per heavy atom. The van der Waals surface area contributed by atoms with Gasteiger partial charge in [-0.2, -0.15) is 0 Å². The molecule has 0 spiro atoms. The van der Waals surface area contributed by atoms with Gasteiger partial charge >= 0.3 is 0 Å². The maximum atomic E-state index is 5.98. The van der Waals surface area contributed by atoms with Crippen molar-refractivity contribution in [1.29, 1.82) is 0 Å². The predicted molar refractivity (Wildman–Crippen MR) is 82.5 cm³/mol. The van der Waals surface area contributed by atoms with Crippen LogP contribution in [0.25, 0.3) is 0 Å². The van der Waals surface area contributed by atoms with Crippen molar-refractivity contribution < 1.29 is 0 Å². The molecule has 0 radical (unpaired) electrons. The first-order valence-electron chi connectivity index (χ1n) is 7.62. The molecule has 1 aromatic rings. The average molecular weight is 272 g/mol. The minimum absolute atomic E-state index is 0.665. The Balaban J connectivity index is 1.45. The largest absolute Gasteiger partial charge is 0.370 e. The lowest BCUT2D eigenvalue weighted by Gasteiger charge is -2.31. The summed E-state index contributed by atoms with van der Waals surface area (Å²) in [4.78, 5) is 9.25. The number of benzene rings is 1. The first kappa shape index (κ1) is 13.4. The fourth-order valence-corrected chi connectivity index (χ4v) is 2.92. The lowest BCUT2D eigenvalue weighted by Crippen LogP contribution is -2.46. The van der Waals surface area contributed by atoms with Gasteiger partial charge in [0.1, 0.15) is 0 Å². The van der Waals surface area contributed by atoms with Crippen LogP contribution in [-0.4, -0.2) is 48.5 Å². The third-order valence-corrected chi connectivity index (χ3v) is 4.31. The second-order valence-electron chi connectivity index (χ2n) is 5.91. The van der Waals surface area contributed by atoms with Gasteiger partial charge < -0.3 is 10.6 Å². The van der Waals surface area contributed by atoms with E-state index in [0.717, 1.165) is 38.7 Å². The van der Waals surface area contributed by atoms with E-state index in [1.54, 1.807) is 0 Å². The van der Waals surface area contributed by atoms with Crippen molar-refractivity contribution in [2.24, 2.45) is 16.6 Å². The molecule has 108 valence electrons. The molecule has 1 unspecified atom stereocenters. The molecule has 2 fully saturated rings. The molecule has 4 nitrogen and oxygen atoms in total. The topological polar surface area (TPSA) is 44.9 Å². The molecule has 1 atom stereocenters. The summed E-state index contributed by atoms with van der Waals surface area (Å²) >= 11 is 0. The fourth-order valence-electron chi connectivity index (χ4n) is 2.92. The summed E-state index contributed by atoms with van der Waals surface area (Å²) in [5.41, 5.74) is 7.38. The van der Waals surface area contributed by atoms with E-state index >= 15 is 0 Å². The molecule has 0 saturated carbocycles. The molecule has 3 rings (SSSR count). The highest BCUT2D eigenvalue weighted by molar-refractivity contribution is 5.78. The zero-order valence-electron chi connectivity index (χ0n) is 12.0. The molecule has 0 aliphatic carbocycles. The van der Waals surface area contributed by atoms with Gasteiger partial charge in [0, 0.05) is 32.7 Å². The molecule has 4 heteroatoms. The van der Waals surface area contributed by atoms with Crippen molar-refractivity contribution in [3.05, 3.63) is 35.9 Å². The maximum Gasteiger partial charge on any atom is 0.191 e. The maximum absolute atomic E-state index is 5.98. The molecule has 0 amide bonds. The van der Waals surface area contributed by atoms with Gasteiger partial charge in [0.2, 0.25) is 0 Å². The Kier molecular flexibility index (Phi) is 4.21. The lowest BCUT2D eigenvalue weighted by atomic mass is 10.1. The van der Waals surface area contributed by atoms with Crippen LogP contribution in [0.15, 0.2) is 35.3 Å². The molecule has 20 heavy (non-hydrogen) atoms. The standard InChI is InChI=1S/C16H24N4/c17-16(20-8-4-9-20)18-11-15-7-10-19(13-15)12-14-5-2-1-3-6-14/h1-3,5-6,15H,4,7-13H2,(H2,17,18). The first-order chi connectivity index (χ1) is 9.81. The van der Waals surface area contributed by atoms with Crippen LogP contribution >= 0.6 is 0 Å². The van der Waals surface area contributed by atoms with Crippen molar-refractivity contribution in [3.8, 4) is 0 Å². The number of hydrogen-bond acceptors (Lipinski definition) is 2. The third-order valence-electron chi connectivity index (χ3n) is 4.31. The van der Waals surface area contributed by atoms with Gasteiger partial charge in [0.05, 0.1) is 0 Å². The molecule has 0 bridgehead atoms. The highest BCUT2D eigenvalue weighted by Crippen LogP contribution is 2.19. The van der Waals surface area contributed by atoms with Crippen LogP contribution in [-0.2, 0) is 6.54 Å². The van der Waals surface area contributed by atoms with E-state index in [0.29, 0.717) is 5.92 Å². The van der Waals surface area contributed by atoms with Crippen LogP contribution in [0.1, 0.15) is 18.4 Å². The number of hydrogen-bond donors (Lipinski definition) is 1. The molecule has 2 aliphatic heterocycles. The summed E-state index contributed by atoms with van der Waals surface area (Å²) in [6, 6.07) is 10.7.